The van der Waals surface area contributed by atoms with Crippen LogP contribution in [0.3, 0.4) is 0 Å². The van der Waals surface area contributed by atoms with Crippen LogP contribution in [0.2, 0.25) is 0 Å². The summed E-state index contributed by atoms with van der Waals surface area (Å²) in [5.41, 5.74) is 4.72. The maximum absolute atomic E-state index is 11.0. The molecule has 4 nitrogen and oxygen atoms in total. The Balaban J connectivity index is 2.12. The first kappa shape index (κ1) is 10.2. The molecule has 0 spiro atoms. The zero-order valence-corrected chi connectivity index (χ0v) is 9.51. The van der Waals surface area contributed by atoms with Crippen LogP contribution in [-0.4, -0.2) is 16.1 Å². The van der Waals surface area contributed by atoms with E-state index in [2.05, 4.69) is 11.2 Å². The summed E-state index contributed by atoms with van der Waals surface area (Å²) in [6.07, 6.45) is 2.57. The molecule has 0 amide bonds. The highest BCUT2D eigenvalue weighted by molar-refractivity contribution is 5.85. The monoisotopic (exact) mass is 228 g/mol. The molecule has 0 saturated heterocycles. The van der Waals surface area contributed by atoms with Gasteiger partial charge in [0.1, 0.15) is 5.69 Å². The zero-order chi connectivity index (χ0) is 11.8. The lowest BCUT2D eigenvalue weighted by atomic mass is 10.0. The minimum Gasteiger partial charge on any atom is -0.372 e. The number of benzene rings is 1. The lowest BCUT2D eigenvalue weighted by Crippen LogP contribution is -1.90. The first-order valence-electron chi connectivity index (χ1n) is 5.46. The quantitative estimate of drug-likeness (QED) is 0.738. The van der Waals surface area contributed by atoms with E-state index in [4.69, 9.17) is 4.74 Å². The number of carbonyl (C=O) groups is 1. The van der Waals surface area contributed by atoms with Crippen LogP contribution in [0.4, 0.5) is 0 Å². The highest BCUT2D eigenvalue weighted by Crippen LogP contribution is 2.27. The molecule has 0 saturated carbocycles. The number of nitrogens with zero attached hydrogens (tertiary/aromatic N) is 2. The van der Waals surface area contributed by atoms with Crippen LogP contribution < -0.4 is 0 Å². The Labute approximate surface area is 98.8 Å². The first-order chi connectivity index (χ1) is 8.28. The number of hydrogen-bond acceptors (Lipinski definition) is 3. The van der Waals surface area contributed by atoms with Gasteiger partial charge in [-0.25, -0.2) is 0 Å². The summed E-state index contributed by atoms with van der Waals surface area (Å²) in [6, 6.07) is 6.08. The molecule has 0 fully saturated rings. The summed E-state index contributed by atoms with van der Waals surface area (Å²) in [5.74, 6) is 0. The minimum atomic E-state index is 0.617. The second-order valence-corrected chi connectivity index (χ2v) is 4.20. The fourth-order valence-corrected chi connectivity index (χ4v) is 2.14. The van der Waals surface area contributed by atoms with Gasteiger partial charge in [0.2, 0.25) is 0 Å². The van der Waals surface area contributed by atoms with Crippen LogP contribution in [0.15, 0.2) is 24.4 Å². The molecule has 86 valence electrons. The van der Waals surface area contributed by atoms with Gasteiger partial charge in [-0.3, -0.25) is 9.48 Å². The van der Waals surface area contributed by atoms with Crippen molar-refractivity contribution in [2.24, 2.45) is 7.05 Å². The molecule has 17 heavy (non-hydrogen) atoms. The lowest BCUT2D eigenvalue weighted by Gasteiger charge is -2.01. The van der Waals surface area contributed by atoms with Crippen molar-refractivity contribution in [3.05, 3.63) is 41.1 Å². The molecule has 0 bridgehead atoms. The number of hydrogen-bond donors (Lipinski definition) is 0. The van der Waals surface area contributed by atoms with Gasteiger partial charge >= 0.3 is 0 Å². The van der Waals surface area contributed by atoms with Crippen LogP contribution in [0.1, 0.15) is 21.5 Å². The standard InChI is InChI=1S/C13H12N2O2/c1-15-5-12(6-16)13(14-15)9-2-3-10-7-17-8-11(10)4-9/h2-6H,7-8H2,1H3. The van der Waals surface area contributed by atoms with E-state index in [0.717, 1.165) is 17.5 Å². The van der Waals surface area contributed by atoms with Gasteiger partial charge in [0, 0.05) is 18.8 Å². The van der Waals surface area contributed by atoms with Crippen molar-refractivity contribution in [1.82, 2.24) is 9.78 Å². The van der Waals surface area contributed by atoms with E-state index in [0.29, 0.717) is 18.8 Å². The van der Waals surface area contributed by atoms with Crippen molar-refractivity contribution in [2.75, 3.05) is 0 Å². The molecule has 1 aromatic carbocycles. The molecule has 1 aromatic heterocycles. The molecule has 2 heterocycles. The van der Waals surface area contributed by atoms with Gasteiger partial charge in [-0.2, -0.15) is 5.10 Å². The Morgan fingerprint density at radius 2 is 2.18 bits per heavy atom. The second kappa shape index (κ2) is 3.82. The van der Waals surface area contributed by atoms with Gasteiger partial charge < -0.3 is 4.74 Å². The van der Waals surface area contributed by atoms with Gasteiger partial charge in [-0.15, -0.1) is 0 Å². The molecule has 2 aromatic rings. The third kappa shape index (κ3) is 1.66. The van der Waals surface area contributed by atoms with Crippen LogP contribution in [0.5, 0.6) is 0 Å². The van der Waals surface area contributed by atoms with Gasteiger partial charge in [0.15, 0.2) is 6.29 Å². The van der Waals surface area contributed by atoms with Gasteiger partial charge in [0.25, 0.3) is 0 Å². The first-order valence-corrected chi connectivity index (χ1v) is 5.46. The summed E-state index contributed by atoms with van der Waals surface area (Å²) in [4.78, 5) is 11.0. The third-order valence-corrected chi connectivity index (χ3v) is 2.98. The molecule has 0 N–H and O–H groups in total. The van der Waals surface area contributed by atoms with Gasteiger partial charge in [-0.05, 0) is 17.2 Å². The number of aryl methyl sites for hydroxylation is 1. The topological polar surface area (TPSA) is 44.1 Å². The van der Waals surface area contributed by atoms with Crippen molar-refractivity contribution in [3.8, 4) is 11.3 Å². The van der Waals surface area contributed by atoms with Crippen molar-refractivity contribution in [2.45, 2.75) is 13.2 Å². The van der Waals surface area contributed by atoms with Gasteiger partial charge in [-0.1, -0.05) is 12.1 Å². The van der Waals surface area contributed by atoms with Gasteiger partial charge in [0.05, 0.1) is 18.8 Å². The molecule has 3 rings (SSSR count). The Kier molecular flexibility index (Phi) is 2.30. The lowest BCUT2D eigenvalue weighted by molar-refractivity contribution is 0.112. The Bertz CT molecular complexity index is 587. The fourth-order valence-electron chi connectivity index (χ4n) is 2.14. The smallest absolute Gasteiger partial charge is 0.153 e. The summed E-state index contributed by atoms with van der Waals surface area (Å²) in [6.45, 7) is 1.32. The SMILES string of the molecule is Cn1cc(C=O)c(-c2ccc3c(c2)COC3)n1. The molecular formula is C13H12N2O2. The number of fused-ring (bicyclic) bond motifs is 1. The molecule has 0 unspecified atom stereocenters. The van der Waals surface area contributed by atoms with Crippen LogP contribution in [0.25, 0.3) is 11.3 Å². The highest BCUT2D eigenvalue weighted by Gasteiger charge is 2.15. The summed E-state index contributed by atoms with van der Waals surface area (Å²) in [5, 5.41) is 4.32. The molecule has 1 aliphatic rings. The Morgan fingerprint density at radius 1 is 1.35 bits per heavy atom. The molecule has 0 atom stereocenters. The fraction of sp³-hybridized carbons (Fsp3) is 0.231. The Hall–Kier alpha value is -1.94. The molecule has 4 heteroatoms. The van der Waals surface area contributed by atoms with Crippen molar-refractivity contribution in [1.29, 1.82) is 0 Å². The van der Waals surface area contributed by atoms with Crippen LogP contribution in [0, 0.1) is 0 Å². The Morgan fingerprint density at radius 3 is 3.00 bits per heavy atom. The van der Waals surface area contributed by atoms with E-state index in [9.17, 15) is 4.79 Å². The van der Waals surface area contributed by atoms with E-state index in [1.807, 2.05) is 19.2 Å². The largest absolute Gasteiger partial charge is 0.372 e. The maximum atomic E-state index is 11.0. The van der Waals surface area contributed by atoms with E-state index >= 15 is 0 Å². The molecular weight excluding hydrogens is 216 g/mol. The number of carbonyl (C=O) groups excluding carboxylic acids is 1. The summed E-state index contributed by atoms with van der Waals surface area (Å²) >= 11 is 0. The predicted octanol–water partition coefficient (Wildman–Crippen LogP) is 1.93. The van der Waals surface area contributed by atoms with Crippen molar-refractivity contribution in [3.63, 3.8) is 0 Å². The zero-order valence-electron chi connectivity index (χ0n) is 9.51. The predicted molar refractivity (Wildman–Crippen MR) is 62.5 cm³/mol. The minimum absolute atomic E-state index is 0.617. The maximum Gasteiger partial charge on any atom is 0.153 e. The van der Waals surface area contributed by atoms with Crippen molar-refractivity contribution >= 4 is 6.29 Å². The molecule has 0 radical (unpaired) electrons. The van der Waals surface area contributed by atoms with Crippen molar-refractivity contribution < 1.29 is 9.53 Å². The highest BCUT2D eigenvalue weighted by atomic mass is 16.5. The summed E-state index contributed by atoms with van der Waals surface area (Å²) in [7, 11) is 1.81. The van der Waals surface area contributed by atoms with E-state index < -0.39 is 0 Å². The van der Waals surface area contributed by atoms with Crippen LogP contribution >= 0.6 is 0 Å². The second-order valence-electron chi connectivity index (χ2n) is 4.20. The summed E-state index contributed by atoms with van der Waals surface area (Å²) < 4.78 is 7.03. The number of rotatable bonds is 2. The van der Waals surface area contributed by atoms with E-state index in [1.54, 1.807) is 10.9 Å². The van der Waals surface area contributed by atoms with Crippen LogP contribution in [-0.2, 0) is 25.0 Å². The molecule has 1 aliphatic heterocycles. The average molecular weight is 228 g/mol. The van der Waals surface area contributed by atoms with E-state index in [1.165, 1.54) is 11.1 Å². The number of aldehydes is 1. The average Bonchev–Trinajstić information content (AvgIpc) is 2.93. The normalized spacial score (nSPS) is 13.7. The number of aromatic nitrogens is 2. The number of ether oxygens (including phenoxy) is 1. The molecule has 0 aliphatic carbocycles. The van der Waals surface area contributed by atoms with E-state index in [-0.39, 0.29) is 0 Å². The third-order valence-electron chi connectivity index (χ3n) is 2.98.